The fourth-order valence-electron chi connectivity index (χ4n) is 5.11. The van der Waals surface area contributed by atoms with Crippen molar-refractivity contribution in [2.45, 2.75) is 31.7 Å². The van der Waals surface area contributed by atoms with Gasteiger partial charge in [0.05, 0.1) is 6.04 Å². The summed E-state index contributed by atoms with van der Waals surface area (Å²) in [5.74, 6) is 1.80. The number of nitrogens with zero attached hydrogens (tertiary/aromatic N) is 2. The topological polar surface area (TPSA) is 71.1 Å². The van der Waals surface area contributed by atoms with E-state index in [1.54, 1.807) is 0 Å². The number of anilines is 1. The molecular weight excluding hydrogens is 406 g/mol. The van der Waals surface area contributed by atoms with Gasteiger partial charge in [0.1, 0.15) is 0 Å². The number of fused-ring (bicyclic) bond motifs is 1. The summed E-state index contributed by atoms with van der Waals surface area (Å²) in [6.07, 6.45) is 4.49. The van der Waals surface area contributed by atoms with Crippen LogP contribution in [0, 0.1) is 5.92 Å². The lowest BCUT2D eigenvalue weighted by atomic mass is 9.94. The summed E-state index contributed by atoms with van der Waals surface area (Å²) in [5.41, 5.74) is 1.44. The molecule has 7 heteroatoms. The maximum atomic E-state index is 13.4. The zero-order valence-corrected chi connectivity index (χ0v) is 18.2. The van der Waals surface area contributed by atoms with Crippen LogP contribution in [0.5, 0.6) is 11.5 Å². The van der Waals surface area contributed by atoms with E-state index in [0.717, 1.165) is 18.5 Å². The van der Waals surface area contributed by atoms with E-state index < -0.39 is 0 Å². The van der Waals surface area contributed by atoms with Gasteiger partial charge in [-0.15, -0.1) is 0 Å². The Hall–Kier alpha value is -3.06. The minimum absolute atomic E-state index is 0.0265. The average Bonchev–Trinajstić information content (AvgIpc) is 3.52. The first-order chi connectivity index (χ1) is 15.7. The van der Waals surface area contributed by atoms with E-state index in [0.29, 0.717) is 49.2 Å². The molecule has 0 spiro atoms. The minimum atomic E-state index is -0.183. The van der Waals surface area contributed by atoms with Crippen LogP contribution in [0.2, 0.25) is 0 Å². The Kier molecular flexibility index (Phi) is 5.99. The van der Waals surface area contributed by atoms with Crippen LogP contribution >= 0.6 is 0 Å². The van der Waals surface area contributed by atoms with Crippen LogP contribution in [-0.2, 0) is 4.79 Å². The number of carbonyl (C=O) groups excluding carboxylic acids is 2. The zero-order valence-electron chi connectivity index (χ0n) is 18.2. The van der Waals surface area contributed by atoms with Crippen molar-refractivity contribution in [2.24, 2.45) is 5.92 Å². The van der Waals surface area contributed by atoms with Gasteiger partial charge < -0.3 is 19.7 Å². The highest BCUT2D eigenvalue weighted by molar-refractivity contribution is 5.96. The van der Waals surface area contributed by atoms with E-state index in [9.17, 15) is 9.59 Å². The normalized spacial score (nSPS) is 19.7. The Morgan fingerprint density at radius 1 is 0.906 bits per heavy atom. The molecule has 1 saturated carbocycles. The molecule has 0 radical (unpaired) electrons. The van der Waals surface area contributed by atoms with E-state index in [4.69, 9.17) is 9.47 Å². The molecule has 2 amide bonds. The van der Waals surface area contributed by atoms with Gasteiger partial charge >= 0.3 is 0 Å². The standard InChI is InChI=1S/C25H29N3O4/c29-24(26-20-10-11-21-22(16-20)32-17-31-21)23(18-6-4-5-7-18)27-12-14-28(15-13-27)25(30)19-8-2-1-3-9-19/h1-3,8-11,16,18,23H,4-7,12-15,17H2,(H,26,29). The fraction of sp³-hybridized carbons (Fsp3) is 0.440. The number of ether oxygens (including phenoxy) is 2. The Balaban J connectivity index is 1.26. The lowest BCUT2D eigenvalue weighted by Crippen LogP contribution is -2.56. The van der Waals surface area contributed by atoms with Crippen LogP contribution in [0.15, 0.2) is 48.5 Å². The summed E-state index contributed by atoms with van der Waals surface area (Å²) in [6.45, 7) is 2.88. The number of carbonyl (C=O) groups is 2. The number of hydrogen-bond donors (Lipinski definition) is 1. The summed E-state index contributed by atoms with van der Waals surface area (Å²) in [5, 5.41) is 3.11. The van der Waals surface area contributed by atoms with Crippen molar-refractivity contribution in [3.8, 4) is 11.5 Å². The largest absolute Gasteiger partial charge is 0.454 e. The number of amides is 2. The lowest BCUT2D eigenvalue weighted by molar-refractivity contribution is -0.123. The summed E-state index contributed by atoms with van der Waals surface area (Å²) in [7, 11) is 0. The second kappa shape index (κ2) is 9.20. The molecule has 0 aromatic heterocycles. The molecule has 32 heavy (non-hydrogen) atoms. The van der Waals surface area contributed by atoms with Crippen molar-refractivity contribution in [1.82, 2.24) is 9.80 Å². The predicted molar refractivity (Wildman–Crippen MR) is 121 cm³/mol. The molecule has 1 atom stereocenters. The zero-order chi connectivity index (χ0) is 21.9. The highest BCUT2D eigenvalue weighted by Crippen LogP contribution is 2.35. The number of hydrogen-bond acceptors (Lipinski definition) is 5. The average molecular weight is 436 g/mol. The molecule has 2 aromatic rings. The van der Waals surface area contributed by atoms with Crippen LogP contribution in [-0.4, -0.2) is 60.6 Å². The monoisotopic (exact) mass is 435 g/mol. The van der Waals surface area contributed by atoms with E-state index in [1.165, 1.54) is 12.8 Å². The molecule has 1 N–H and O–H groups in total. The van der Waals surface area contributed by atoms with Gasteiger partial charge in [0.15, 0.2) is 11.5 Å². The third kappa shape index (κ3) is 4.30. The molecular formula is C25H29N3O4. The fourth-order valence-corrected chi connectivity index (χ4v) is 5.11. The van der Waals surface area contributed by atoms with Crippen LogP contribution < -0.4 is 14.8 Å². The molecule has 7 nitrogen and oxygen atoms in total. The molecule has 2 aromatic carbocycles. The Morgan fingerprint density at radius 2 is 1.62 bits per heavy atom. The van der Waals surface area contributed by atoms with Crippen molar-refractivity contribution in [3.63, 3.8) is 0 Å². The number of nitrogens with one attached hydrogen (secondary N) is 1. The minimum Gasteiger partial charge on any atom is -0.454 e. The number of rotatable bonds is 5. The van der Waals surface area contributed by atoms with Crippen molar-refractivity contribution >= 4 is 17.5 Å². The molecule has 2 aliphatic heterocycles. The molecule has 5 rings (SSSR count). The van der Waals surface area contributed by atoms with Gasteiger partial charge in [0.25, 0.3) is 5.91 Å². The van der Waals surface area contributed by atoms with E-state index in [-0.39, 0.29) is 24.6 Å². The van der Waals surface area contributed by atoms with Crippen molar-refractivity contribution in [2.75, 3.05) is 38.3 Å². The van der Waals surface area contributed by atoms with Gasteiger partial charge in [-0.1, -0.05) is 31.0 Å². The van der Waals surface area contributed by atoms with Crippen LogP contribution in [0.4, 0.5) is 5.69 Å². The second-order valence-corrected chi connectivity index (χ2v) is 8.74. The van der Waals surface area contributed by atoms with Gasteiger partial charge in [-0.05, 0) is 43.0 Å². The first-order valence-corrected chi connectivity index (χ1v) is 11.5. The third-order valence-corrected chi connectivity index (χ3v) is 6.77. The molecule has 3 aliphatic rings. The van der Waals surface area contributed by atoms with Gasteiger partial charge in [-0.2, -0.15) is 0 Å². The predicted octanol–water partition coefficient (Wildman–Crippen LogP) is 3.37. The Morgan fingerprint density at radius 3 is 2.38 bits per heavy atom. The van der Waals surface area contributed by atoms with E-state index >= 15 is 0 Å². The van der Waals surface area contributed by atoms with Gasteiger partial charge in [0, 0.05) is 43.5 Å². The highest BCUT2D eigenvalue weighted by atomic mass is 16.7. The lowest BCUT2D eigenvalue weighted by Gasteiger charge is -2.40. The maximum Gasteiger partial charge on any atom is 0.253 e. The summed E-state index contributed by atoms with van der Waals surface area (Å²) in [4.78, 5) is 30.4. The van der Waals surface area contributed by atoms with Gasteiger partial charge in [-0.3, -0.25) is 14.5 Å². The number of piperazine rings is 1. The quantitative estimate of drug-likeness (QED) is 0.780. The summed E-state index contributed by atoms with van der Waals surface area (Å²) < 4.78 is 10.8. The second-order valence-electron chi connectivity index (χ2n) is 8.74. The third-order valence-electron chi connectivity index (χ3n) is 6.77. The molecule has 2 fully saturated rings. The van der Waals surface area contributed by atoms with Crippen molar-refractivity contribution < 1.29 is 19.1 Å². The first kappa shape index (κ1) is 20.8. The highest BCUT2D eigenvalue weighted by Gasteiger charge is 2.37. The van der Waals surface area contributed by atoms with E-state index in [1.807, 2.05) is 53.4 Å². The molecule has 1 aliphatic carbocycles. The van der Waals surface area contributed by atoms with Crippen molar-refractivity contribution in [3.05, 3.63) is 54.1 Å². The maximum absolute atomic E-state index is 13.4. The van der Waals surface area contributed by atoms with Crippen LogP contribution in [0.3, 0.4) is 0 Å². The van der Waals surface area contributed by atoms with Gasteiger partial charge in [0.2, 0.25) is 12.7 Å². The SMILES string of the molecule is O=C(Nc1ccc2c(c1)OCO2)C(C1CCCC1)N1CCN(C(=O)c2ccccc2)CC1. The van der Waals surface area contributed by atoms with Gasteiger partial charge in [-0.25, -0.2) is 0 Å². The molecule has 1 unspecified atom stereocenters. The molecule has 2 heterocycles. The number of benzene rings is 2. The molecule has 0 bridgehead atoms. The first-order valence-electron chi connectivity index (χ1n) is 11.5. The summed E-state index contributed by atoms with van der Waals surface area (Å²) in [6, 6.07) is 14.7. The smallest absolute Gasteiger partial charge is 0.253 e. The van der Waals surface area contributed by atoms with Crippen LogP contribution in [0.1, 0.15) is 36.0 Å². The Bertz CT molecular complexity index is 966. The Labute approximate surface area is 188 Å². The molecule has 168 valence electrons. The summed E-state index contributed by atoms with van der Waals surface area (Å²) >= 11 is 0. The molecule has 1 saturated heterocycles. The van der Waals surface area contributed by atoms with Crippen LogP contribution in [0.25, 0.3) is 0 Å². The van der Waals surface area contributed by atoms with E-state index in [2.05, 4.69) is 10.2 Å². The van der Waals surface area contributed by atoms with Crippen molar-refractivity contribution in [1.29, 1.82) is 0 Å².